The highest BCUT2D eigenvalue weighted by atomic mass is 35.5. The van der Waals surface area contributed by atoms with Crippen LogP contribution in [0.5, 0.6) is 0 Å². The lowest BCUT2D eigenvalue weighted by molar-refractivity contribution is -0.141. The van der Waals surface area contributed by atoms with Crippen molar-refractivity contribution in [1.82, 2.24) is 9.88 Å². The maximum atomic E-state index is 13.1. The highest BCUT2D eigenvalue weighted by Gasteiger charge is 2.34. The second-order valence-electron chi connectivity index (χ2n) is 7.07. The lowest BCUT2D eigenvalue weighted by atomic mass is 9.97. The summed E-state index contributed by atoms with van der Waals surface area (Å²) in [5.41, 5.74) is 3.01. The number of halogens is 2. The molecule has 30 heavy (non-hydrogen) atoms. The molecule has 5 nitrogen and oxygen atoms in total. The molecule has 3 aromatic rings. The van der Waals surface area contributed by atoms with Gasteiger partial charge in [0.15, 0.2) is 0 Å². The van der Waals surface area contributed by atoms with Gasteiger partial charge in [-0.1, -0.05) is 59.6 Å². The van der Waals surface area contributed by atoms with E-state index in [1.807, 2.05) is 36.4 Å². The highest BCUT2D eigenvalue weighted by molar-refractivity contribution is 6.34. The third kappa shape index (κ3) is 3.78. The summed E-state index contributed by atoms with van der Waals surface area (Å²) >= 11 is 12.9. The molecule has 2 heterocycles. The SMILES string of the molecule is O=C(O)C1CCCN1C(=O)c1cnc(-c2ccccc2Cl)c(-c2ccccc2Cl)c1. The van der Waals surface area contributed by atoms with E-state index in [-0.39, 0.29) is 5.91 Å². The predicted octanol–water partition coefficient (Wildman–Crippen LogP) is 5.41. The fourth-order valence-electron chi connectivity index (χ4n) is 3.77. The molecule has 152 valence electrons. The van der Waals surface area contributed by atoms with Crippen molar-refractivity contribution in [2.75, 3.05) is 6.54 Å². The van der Waals surface area contributed by atoms with Crippen molar-refractivity contribution in [3.63, 3.8) is 0 Å². The van der Waals surface area contributed by atoms with Gasteiger partial charge in [-0.2, -0.15) is 0 Å². The molecule has 1 atom stereocenters. The van der Waals surface area contributed by atoms with Gasteiger partial charge in [-0.15, -0.1) is 0 Å². The number of carbonyl (C=O) groups excluding carboxylic acids is 1. The minimum Gasteiger partial charge on any atom is -0.480 e. The van der Waals surface area contributed by atoms with Crippen molar-refractivity contribution in [2.45, 2.75) is 18.9 Å². The first-order valence-corrected chi connectivity index (χ1v) is 10.3. The third-order valence-electron chi connectivity index (χ3n) is 5.23. The van der Waals surface area contributed by atoms with Crippen LogP contribution < -0.4 is 0 Å². The Kier molecular flexibility index (Phi) is 5.75. The molecular weight excluding hydrogens is 423 g/mol. The van der Waals surface area contributed by atoms with Gasteiger partial charge in [-0.3, -0.25) is 9.78 Å². The van der Waals surface area contributed by atoms with Crippen LogP contribution in [0.3, 0.4) is 0 Å². The van der Waals surface area contributed by atoms with Crippen LogP contribution in [0.2, 0.25) is 10.0 Å². The molecule has 7 heteroatoms. The van der Waals surface area contributed by atoms with E-state index in [0.29, 0.717) is 51.8 Å². The largest absolute Gasteiger partial charge is 0.480 e. The predicted molar refractivity (Wildman–Crippen MR) is 117 cm³/mol. The standard InChI is InChI=1S/C23H18Cl2N2O3/c24-18-8-3-1-6-15(18)17-12-14(22(28)27-11-5-10-20(27)23(29)30)13-26-21(17)16-7-2-4-9-19(16)25/h1-4,6-9,12-13,20H,5,10-11H2,(H,29,30). The summed E-state index contributed by atoms with van der Waals surface area (Å²) in [7, 11) is 0. The van der Waals surface area contributed by atoms with Gasteiger partial charge in [0, 0.05) is 39.5 Å². The average molecular weight is 441 g/mol. The molecule has 1 N–H and O–H groups in total. The maximum absolute atomic E-state index is 13.1. The van der Waals surface area contributed by atoms with Gasteiger partial charge >= 0.3 is 5.97 Å². The van der Waals surface area contributed by atoms with Crippen molar-refractivity contribution in [3.05, 3.63) is 76.4 Å². The molecular formula is C23H18Cl2N2O3. The molecule has 1 fully saturated rings. The van der Waals surface area contributed by atoms with E-state index >= 15 is 0 Å². The van der Waals surface area contributed by atoms with Crippen LogP contribution in [0.4, 0.5) is 0 Å². The van der Waals surface area contributed by atoms with E-state index < -0.39 is 12.0 Å². The van der Waals surface area contributed by atoms with Gasteiger partial charge < -0.3 is 10.0 Å². The van der Waals surface area contributed by atoms with Crippen LogP contribution in [-0.4, -0.2) is 39.5 Å². The normalized spacial score (nSPS) is 15.9. The minimum absolute atomic E-state index is 0.314. The van der Waals surface area contributed by atoms with Crippen molar-refractivity contribution >= 4 is 35.1 Å². The number of hydrogen-bond acceptors (Lipinski definition) is 3. The second kappa shape index (κ2) is 8.46. The maximum Gasteiger partial charge on any atom is 0.326 e. The molecule has 1 amide bonds. The molecule has 2 aromatic carbocycles. The number of amides is 1. The first-order valence-electron chi connectivity index (χ1n) is 9.51. The van der Waals surface area contributed by atoms with Crippen molar-refractivity contribution in [2.24, 2.45) is 0 Å². The summed E-state index contributed by atoms with van der Waals surface area (Å²) in [5.74, 6) is -1.35. The summed E-state index contributed by atoms with van der Waals surface area (Å²) in [5, 5.41) is 10.5. The van der Waals surface area contributed by atoms with Crippen LogP contribution in [0.15, 0.2) is 60.8 Å². The van der Waals surface area contributed by atoms with E-state index in [2.05, 4.69) is 4.98 Å². The first kappa shape index (κ1) is 20.4. The average Bonchev–Trinajstić information content (AvgIpc) is 3.24. The Hall–Kier alpha value is -2.89. The van der Waals surface area contributed by atoms with Crippen LogP contribution in [0.25, 0.3) is 22.4 Å². The number of aromatic nitrogens is 1. The van der Waals surface area contributed by atoms with Gasteiger partial charge in [0.2, 0.25) is 0 Å². The Balaban J connectivity index is 1.85. The van der Waals surface area contributed by atoms with E-state index in [1.165, 1.54) is 11.1 Å². The minimum atomic E-state index is -0.993. The molecule has 0 spiro atoms. The summed E-state index contributed by atoms with van der Waals surface area (Å²) in [4.78, 5) is 30.6. The molecule has 0 saturated carbocycles. The van der Waals surface area contributed by atoms with Crippen LogP contribution >= 0.6 is 23.2 Å². The van der Waals surface area contributed by atoms with E-state index in [4.69, 9.17) is 23.2 Å². The van der Waals surface area contributed by atoms with Gasteiger partial charge in [-0.25, -0.2) is 4.79 Å². The fourth-order valence-corrected chi connectivity index (χ4v) is 4.23. The number of aliphatic carboxylic acids is 1. The lowest BCUT2D eigenvalue weighted by Gasteiger charge is -2.22. The summed E-state index contributed by atoms with van der Waals surface area (Å²) in [6.07, 6.45) is 2.58. The zero-order chi connectivity index (χ0) is 21.3. The van der Waals surface area contributed by atoms with Gasteiger partial charge in [0.25, 0.3) is 5.91 Å². The molecule has 0 aliphatic carbocycles. The molecule has 1 saturated heterocycles. The quantitative estimate of drug-likeness (QED) is 0.588. The number of hydrogen-bond donors (Lipinski definition) is 1. The highest BCUT2D eigenvalue weighted by Crippen LogP contribution is 2.38. The molecule has 1 aliphatic heterocycles. The van der Waals surface area contributed by atoms with E-state index in [1.54, 1.807) is 18.2 Å². The van der Waals surface area contributed by atoms with Crippen LogP contribution in [-0.2, 0) is 4.79 Å². The first-order chi connectivity index (χ1) is 14.5. The van der Waals surface area contributed by atoms with E-state index in [0.717, 1.165) is 5.56 Å². The lowest BCUT2D eigenvalue weighted by Crippen LogP contribution is -2.40. The number of benzene rings is 2. The smallest absolute Gasteiger partial charge is 0.326 e. The van der Waals surface area contributed by atoms with Crippen molar-refractivity contribution < 1.29 is 14.7 Å². The third-order valence-corrected chi connectivity index (χ3v) is 5.89. The summed E-state index contributed by atoms with van der Waals surface area (Å²) < 4.78 is 0. The molecule has 1 unspecified atom stereocenters. The van der Waals surface area contributed by atoms with Crippen molar-refractivity contribution in [1.29, 1.82) is 0 Å². The Labute approximate surface area is 183 Å². The summed E-state index contributed by atoms with van der Waals surface area (Å²) in [6, 6.07) is 15.5. The number of likely N-dealkylation sites (tertiary alicyclic amines) is 1. The van der Waals surface area contributed by atoms with Crippen molar-refractivity contribution in [3.8, 4) is 22.4 Å². The zero-order valence-corrected chi connectivity index (χ0v) is 17.4. The fraction of sp³-hybridized carbons (Fsp3) is 0.174. The molecule has 0 bridgehead atoms. The number of rotatable bonds is 4. The Morgan fingerprint density at radius 2 is 1.60 bits per heavy atom. The number of nitrogens with zero attached hydrogens (tertiary/aromatic N) is 2. The van der Waals surface area contributed by atoms with Gasteiger partial charge in [0.05, 0.1) is 11.3 Å². The topological polar surface area (TPSA) is 70.5 Å². The van der Waals surface area contributed by atoms with E-state index in [9.17, 15) is 14.7 Å². The molecule has 4 rings (SSSR count). The molecule has 1 aliphatic rings. The Morgan fingerprint density at radius 1 is 0.967 bits per heavy atom. The second-order valence-corrected chi connectivity index (χ2v) is 7.89. The molecule has 1 aromatic heterocycles. The Bertz CT molecular complexity index is 1130. The summed E-state index contributed by atoms with van der Waals surface area (Å²) in [6.45, 7) is 0.406. The van der Waals surface area contributed by atoms with Gasteiger partial charge in [0.1, 0.15) is 6.04 Å². The van der Waals surface area contributed by atoms with Gasteiger partial charge in [-0.05, 0) is 31.0 Å². The number of carbonyl (C=O) groups is 2. The monoisotopic (exact) mass is 440 g/mol. The Morgan fingerprint density at radius 3 is 2.23 bits per heavy atom. The number of pyridine rings is 1. The zero-order valence-electron chi connectivity index (χ0n) is 15.9. The van der Waals surface area contributed by atoms with Crippen LogP contribution in [0.1, 0.15) is 23.2 Å². The number of carboxylic acids is 1. The number of carboxylic acid groups (broad SMARTS) is 1. The molecule has 0 radical (unpaired) electrons. The van der Waals surface area contributed by atoms with Crippen LogP contribution in [0, 0.1) is 0 Å².